The van der Waals surface area contributed by atoms with E-state index in [9.17, 15) is 4.79 Å². The number of hydrogen-bond acceptors (Lipinski definition) is 6. The van der Waals surface area contributed by atoms with E-state index in [4.69, 9.17) is 4.74 Å². The highest BCUT2D eigenvalue weighted by atomic mass is 32.2. The summed E-state index contributed by atoms with van der Waals surface area (Å²) in [5.74, 6) is 1.87. The van der Waals surface area contributed by atoms with Crippen molar-refractivity contribution in [1.82, 2.24) is 14.8 Å². The first-order valence-corrected chi connectivity index (χ1v) is 12.8. The predicted octanol–water partition coefficient (Wildman–Crippen LogP) is 5.36. The Hall–Kier alpha value is -2.71. The summed E-state index contributed by atoms with van der Waals surface area (Å²) in [6.07, 6.45) is 2.76. The van der Waals surface area contributed by atoms with Gasteiger partial charge < -0.3 is 9.64 Å². The minimum absolute atomic E-state index is 0.0767. The molecule has 8 heteroatoms. The zero-order valence-corrected chi connectivity index (χ0v) is 20.6. The van der Waals surface area contributed by atoms with E-state index in [0.717, 1.165) is 34.9 Å². The Morgan fingerprint density at radius 2 is 2.12 bits per heavy atom. The van der Waals surface area contributed by atoms with Crippen LogP contribution < -0.4 is 9.64 Å². The monoisotopic (exact) mass is 480 g/mol. The first kappa shape index (κ1) is 23.4. The fraction of sp³-hybridized carbons (Fsp3) is 0.320. The number of allylic oxidation sites excluding steroid dienone is 1. The molecule has 0 saturated carbocycles. The number of aromatic nitrogens is 3. The number of fused-ring (bicyclic) bond motifs is 1. The molecule has 1 atom stereocenters. The van der Waals surface area contributed by atoms with Gasteiger partial charge in [-0.1, -0.05) is 49.0 Å². The van der Waals surface area contributed by atoms with Crippen LogP contribution in [0.4, 0.5) is 5.69 Å². The summed E-state index contributed by atoms with van der Waals surface area (Å²) in [5, 5.41) is 9.81. The van der Waals surface area contributed by atoms with Crippen molar-refractivity contribution in [2.24, 2.45) is 0 Å². The van der Waals surface area contributed by atoms with Crippen LogP contribution in [-0.4, -0.2) is 38.2 Å². The van der Waals surface area contributed by atoms with Crippen molar-refractivity contribution in [3.8, 4) is 5.75 Å². The van der Waals surface area contributed by atoms with Crippen molar-refractivity contribution in [2.75, 3.05) is 17.2 Å². The van der Waals surface area contributed by atoms with Gasteiger partial charge in [-0.05, 0) is 43.2 Å². The van der Waals surface area contributed by atoms with Gasteiger partial charge in [0, 0.05) is 23.2 Å². The number of hydrogen-bond donors (Lipinski definition) is 0. The van der Waals surface area contributed by atoms with Crippen LogP contribution in [-0.2, 0) is 17.9 Å². The van der Waals surface area contributed by atoms with Crippen molar-refractivity contribution in [2.45, 2.75) is 48.7 Å². The first-order valence-electron chi connectivity index (χ1n) is 11.0. The average Bonchev–Trinajstić information content (AvgIpc) is 3.09. The van der Waals surface area contributed by atoms with Crippen molar-refractivity contribution in [3.63, 3.8) is 0 Å². The Bertz CT molecular complexity index is 1130. The number of para-hydroxylation sites is 1. The van der Waals surface area contributed by atoms with Gasteiger partial charge in [0.2, 0.25) is 5.91 Å². The van der Waals surface area contributed by atoms with Crippen molar-refractivity contribution < 1.29 is 9.53 Å². The second kappa shape index (κ2) is 10.9. The Balaban J connectivity index is 1.44. The zero-order chi connectivity index (χ0) is 23.2. The molecule has 3 aromatic rings. The first-order chi connectivity index (χ1) is 16.0. The van der Waals surface area contributed by atoms with E-state index >= 15 is 0 Å². The van der Waals surface area contributed by atoms with E-state index in [-0.39, 0.29) is 5.91 Å². The van der Waals surface area contributed by atoms with Crippen LogP contribution in [0.5, 0.6) is 5.75 Å². The van der Waals surface area contributed by atoms with Crippen molar-refractivity contribution in [1.29, 1.82) is 0 Å². The molecule has 0 bridgehead atoms. The summed E-state index contributed by atoms with van der Waals surface area (Å²) in [6.45, 7) is 9.67. The average molecular weight is 481 g/mol. The molecule has 172 valence electrons. The highest BCUT2D eigenvalue weighted by Crippen LogP contribution is 2.37. The fourth-order valence-electron chi connectivity index (χ4n) is 3.65. The number of nitrogens with zero attached hydrogens (tertiary/aromatic N) is 4. The molecule has 2 heterocycles. The smallest absolute Gasteiger partial charge is 0.237 e. The van der Waals surface area contributed by atoms with Crippen LogP contribution in [0.3, 0.4) is 0 Å². The lowest BCUT2D eigenvalue weighted by atomic mass is 10.2. The molecule has 1 amide bonds. The number of thioether (sulfide) groups is 2. The topological polar surface area (TPSA) is 60.2 Å². The third-order valence-corrected chi connectivity index (χ3v) is 7.52. The molecule has 6 nitrogen and oxygen atoms in total. The van der Waals surface area contributed by atoms with Gasteiger partial charge in [-0.2, -0.15) is 0 Å². The molecule has 0 aliphatic carbocycles. The van der Waals surface area contributed by atoms with Gasteiger partial charge in [0.15, 0.2) is 11.0 Å². The number of carbonyl (C=O) groups excluding carboxylic acids is 1. The number of rotatable bonds is 8. The van der Waals surface area contributed by atoms with E-state index in [1.807, 2.05) is 70.6 Å². The van der Waals surface area contributed by atoms with E-state index in [0.29, 0.717) is 35.1 Å². The number of ether oxygens (including phenoxy) is 1. The summed E-state index contributed by atoms with van der Waals surface area (Å²) in [6, 6.07) is 16.0. The SMILES string of the molecule is C=CCn1c(COc2cccc(C)c2)nnc1SCC(=O)N1CCC(C)Sc2ccccc21. The molecule has 4 rings (SSSR count). The van der Waals surface area contributed by atoms with Crippen LogP contribution in [0.2, 0.25) is 0 Å². The van der Waals surface area contributed by atoms with Gasteiger partial charge >= 0.3 is 0 Å². The highest BCUT2D eigenvalue weighted by Gasteiger charge is 2.25. The molecule has 0 fully saturated rings. The highest BCUT2D eigenvalue weighted by molar-refractivity contribution is 8.00. The lowest BCUT2D eigenvalue weighted by Gasteiger charge is -2.22. The number of aryl methyl sites for hydroxylation is 1. The summed E-state index contributed by atoms with van der Waals surface area (Å²) in [4.78, 5) is 16.3. The lowest BCUT2D eigenvalue weighted by molar-refractivity contribution is -0.116. The molecule has 0 spiro atoms. The third kappa shape index (κ3) is 5.81. The zero-order valence-electron chi connectivity index (χ0n) is 18.9. The number of anilines is 1. The summed E-state index contributed by atoms with van der Waals surface area (Å²) < 4.78 is 7.87. The van der Waals surface area contributed by atoms with E-state index < -0.39 is 0 Å². The second-order valence-corrected chi connectivity index (χ2v) is 10.3. The molecule has 0 radical (unpaired) electrons. The van der Waals surface area contributed by atoms with Crippen molar-refractivity contribution >= 4 is 35.1 Å². The molecule has 1 aliphatic rings. The molecule has 0 N–H and O–H groups in total. The number of amides is 1. The number of benzene rings is 2. The van der Waals surface area contributed by atoms with Crippen LogP contribution >= 0.6 is 23.5 Å². The largest absolute Gasteiger partial charge is 0.486 e. The second-order valence-electron chi connectivity index (χ2n) is 7.92. The van der Waals surface area contributed by atoms with Gasteiger partial charge in [0.25, 0.3) is 0 Å². The molecule has 1 aromatic heterocycles. The Kier molecular flexibility index (Phi) is 7.77. The number of carbonyl (C=O) groups is 1. The minimum Gasteiger partial charge on any atom is -0.486 e. The summed E-state index contributed by atoms with van der Waals surface area (Å²) in [5.41, 5.74) is 2.13. The Morgan fingerprint density at radius 1 is 1.27 bits per heavy atom. The van der Waals surface area contributed by atoms with Gasteiger partial charge in [-0.25, -0.2) is 0 Å². The van der Waals surface area contributed by atoms with Crippen LogP contribution in [0.1, 0.15) is 24.7 Å². The summed E-state index contributed by atoms with van der Waals surface area (Å²) >= 11 is 3.24. The van der Waals surface area contributed by atoms with Crippen LogP contribution in [0.15, 0.2) is 71.2 Å². The third-order valence-electron chi connectivity index (χ3n) is 5.33. The van der Waals surface area contributed by atoms with Gasteiger partial charge in [0.05, 0.1) is 11.4 Å². The maximum Gasteiger partial charge on any atom is 0.237 e. The maximum atomic E-state index is 13.2. The molecule has 1 aliphatic heterocycles. The van der Waals surface area contributed by atoms with E-state index in [2.05, 4.69) is 29.8 Å². The lowest BCUT2D eigenvalue weighted by Crippen LogP contribution is -2.33. The van der Waals surface area contributed by atoms with Gasteiger partial charge in [0.1, 0.15) is 12.4 Å². The van der Waals surface area contributed by atoms with Crippen LogP contribution in [0, 0.1) is 6.92 Å². The maximum absolute atomic E-state index is 13.2. The van der Waals surface area contributed by atoms with Gasteiger partial charge in [-0.3, -0.25) is 9.36 Å². The van der Waals surface area contributed by atoms with Crippen molar-refractivity contribution in [3.05, 3.63) is 72.6 Å². The molecule has 2 aromatic carbocycles. The predicted molar refractivity (Wildman–Crippen MR) is 135 cm³/mol. The fourth-order valence-corrected chi connectivity index (χ4v) is 5.60. The quantitative estimate of drug-likeness (QED) is 0.319. The van der Waals surface area contributed by atoms with Gasteiger partial charge in [-0.15, -0.1) is 28.5 Å². The standard InChI is InChI=1S/C25H28N4O2S2/c1-4-13-29-23(16-31-20-9-7-8-18(2)15-20)26-27-25(29)32-17-24(30)28-14-12-19(3)33-22-11-6-5-10-21(22)28/h4-11,15,19H,1,12-14,16-17H2,2-3H3. The van der Waals surface area contributed by atoms with E-state index in [1.54, 1.807) is 6.08 Å². The van der Waals surface area contributed by atoms with E-state index in [1.165, 1.54) is 11.8 Å². The Morgan fingerprint density at radius 3 is 2.94 bits per heavy atom. The normalized spacial score (nSPS) is 15.6. The Labute approximate surface area is 203 Å². The molecule has 1 unspecified atom stereocenters. The molecular weight excluding hydrogens is 452 g/mol. The van der Waals surface area contributed by atoms with Crippen LogP contribution in [0.25, 0.3) is 0 Å². The molecule has 0 saturated heterocycles. The minimum atomic E-state index is 0.0767. The summed E-state index contributed by atoms with van der Waals surface area (Å²) in [7, 11) is 0. The molecule has 33 heavy (non-hydrogen) atoms. The molecular formula is C25H28N4O2S2.